The lowest BCUT2D eigenvalue weighted by Gasteiger charge is -2.32. The number of para-hydroxylation sites is 1. The molecule has 0 N–H and O–H groups in total. The van der Waals surface area contributed by atoms with Crippen molar-refractivity contribution >= 4 is 17.2 Å². The fourth-order valence-electron chi connectivity index (χ4n) is 4.77. The number of piperidine rings is 1. The van der Waals surface area contributed by atoms with E-state index in [0.717, 1.165) is 65.7 Å². The second-order valence-corrected chi connectivity index (χ2v) is 10.3. The third-order valence-electron chi connectivity index (χ3n) is 6.63. The number of likely N-dealkylation sites (tertiary alicyclic amines) is 1. The molecule has 1 aliphatic heterocycles. The molecule has 1 fully saturated rings. The van der Waals surface area contributed by atoms with Crippen LogP contribution in [0.2, 0.25) is 0 Å². The average Bonchev–Trinajstić information content (AvgIpc) is 3.51. The maximum atomic E-state index is 13.4. The minimum atomic E-state index is 0.0674. The molecule has 35 heavy (non-hydrogen) atoms. The van der Waals surface area contributed by atoms with E-state index in [-0.39, 0.29) is 11.8 Å². The molecule has 6 nitrogen and oxygen atoms in total. The van der Waals surface area contributed by atoms with Gasteiger partial charge in [-0.25, -0.2) is 9.67 Å². The first-order valence-electron chi connectivity index (χ1n) is 12.1. The maximum absolute atomic E-state index is 13.4. The van der Waals surface area contributed by atoms with E-state index in [4.69, 9.17) is 5.10 Å². The SMILES string of the molecule is Cc1nc(CN2CCC(C(=O)N(C)Cc3cn(-c4ccccc4)nc3-c3ccccc3)CC2)cs1. The molecule has 3 heterocycles. The second kappa shape index (κ2) is 10.5. The predicted molar refractivity (Wildman–Crippen MR) is 140 cm³/mol. The van der Waals surface area contributed by atoms with E-state index in [1.165, 1.54) is 0 Å². The van der Waals surface area contributed by atoms with Crippen molar-refractivity contribution in [2.45, 2.75) is 32.9 Å². The highest BCUT2D eigenvalue weighted by Crippen LogP contribution is 2.27. The van der Waals surface area contributed by atoms with Crippen LogP contribution < -0.4 is 0 Å². The van der Waals surface area contributed by atoms with E-state index >= 15 is 0 Å². The predicted octanol–water partition coefficient (Wildman–Crippen LogP) is 5.17. The maximum Gasteiger partial charge on any atom is 0.225 e. The van der Waals surface area contributed by atoms with Gasteiger partial charge in [0.05, 0.1) is 22.1 Å². The standard InChI is InChI=1S/C28H31N5OS/c1-21-29-25(20-35-21)19-32-15-13-23(14-16-32)28(34)31(2)17-24-18-33(26-11-7-4-8-12-26)30-27(24)22-9-5-3-6-10-22/h3-12,18,20,23H,13-17,19H2,1-2H3. The number of hydrogen-bond acceptors (Lipinski definition) is 5. The molecule has 0 spiro atoms. The zero-order valence-electron chi connectivity index (χ0n) is 20.3. The van der Waals surface area contributed by atoms with E-state index in [0.29, 0.717) is 6.54 Å². The smallest absolute Gasteiger partial charge is 0.225 e. The molecular weight excluding hydrogens is 454 g/mol. The first kappa shape index (κ1) is 23.5. The number of carbonyl (C=O) groups is 1. The van der Waals surface area contributed by atoms with E-state index in [1.807, 2.05) is 72.1 Å². The van der Waals surface area contributed by atoms with Crippen LogP contribution in [-0.2, 0) is 17.9 Å². The molecule has 2 aromatic heterocycles. The lowest BCUT2D eigenvalue weighted by atomic mass is 9.95. The number of thiazole rings is 1. The summed E-state index contributed by atoms with van der Waals surface area (Å²) in [5.41, 5.74) is 5.17. The molecule has 180 valence electrons. The van der Waals surface area contributed by atoms with E-state index < -0.39 is 0 Å². The number of hydrogen-bond donors (Lipinski definition) is 0. The first-order valence-corrected chi connectivity index (χ1v) is 13.0. The quantitative estimate of drug-likeness (QED) is 0.362. The Morgan fingerprint density at radius 2 is 1.74 bits per heavy atom. The number of aromatic nitrogens is 3. The van der Waals surface area contributed by atoms with Crippen molar-refractivity contribution in [3.63, 3.8) is 0 Å². The van der Waals surface area contributed by atoms with Gasteiger partial charge in [-0.3, -0.25) is 9.69 Å². The molecular formula is C28H31N5OS. The summed E-state index contributed by atoms with van der Waals surface area (Å²) in [6.45, 7) is 5.32. The highest BCUT2D eigenvalue weighted by atomic mass is 32.1. The van der Waals surface area contributed by atoms with Gasteiger partial charge in [0, 0.05) is 48.8 Å². The summed E-state index contributed by atoms with van der Waals surface area (Å²) in [7, 11) is 1.92. The largest absolute Gasteiger partial charge is 0.341 e. The molecule has 0 aliphatic carbocycles. The van der Waals surface area contributed by atoms with Crippen LogP contribution in [0, 0.1) is 12.8 Å². The Hall–Kier alpha value is -3.29. The molecule has 7 heteroatoms. The number of benzene rings is 2. The third kappa shape index (κ3) is 5.52. The van der Waals surface area contributed by atoms with Gasteiger partial charge < -0.3 is 4.90 Å². The summed E-state index contributed by atoms with van der Waals surface area (Å²) in [5, 5.41) is 8.14. The fraction of sp³-hybridized carbons (Fsp3) is 0.321. The minimum absolute atomic E-state index is 0.0674. The molecule has 1 aliphatic rings. The van der Waals surface area contributed by atoms with Crippen molar-refractivity contribution in [1.29, 1.82) is 0 Å². The first-order chi connectivity index (χ1) is 17.1. The zero-order valence-corrected chi connectivity index (χ0v) is 21.1. The topological polar surface area (TPSA) is 54.3 Å². The zero-order chi connectivity index (χ0) is 24.2. The van der Waals surface area contributed by atoms with Crippen molar-refractivity contribution < 1.29 is 4.79 Å². The van der Waals surface area contributed by atoms with E-state index in [1.54, 1.807) is 11.3 Å². The van der Waals surface area contributed by atoms with Crippen LogP contribution in [0.4, 0.5) is 0 Å². The Kier molecular flexibility index (Phi) is 7.06. The van der Waals surface area contributed by atoms with Crippen LogP contribution in [0.3, 0.4) is 0 Å². The highest BCUT2D eigenvalue weighted by molar-refractivity contribution is 7.09. The number of carbonyl (C=O) groups excluding carboxylic acids is 1. The number of amides is 1. The highest BCUT2D eigenvalue weighted by Gasteiger charge is 2.28. The van der Waals surface area contributed by atoms with Crippen molar-refractivity contribution in [3.05, 3.63) is 88.5 Å². The van der Waals surface area contributed by atoms with Crippen LogP contribution in [-0.4, -0.2) is 50.6 Å². The third-order valence-corrected chi connectivity index (χ3v) is 7.45. The lowest BCUT2D eigenvalue weighted by molar-refractivity contribution is -0.136. The molecule has 1 amide bonds. The summed E-state index contributed by atoms with van der Waals surface area (Å²) in [6.07, 6.45) is 3.84. The van der Waals surface area contributed by atoms with Crippen LogP contribution in [0.15, 0.2) is 72.2 Å². The molecule has 0 unspecified atom stereocenters. The Bertz CT molecular complexity index is 1260. The average molecular weight is 486 g/mol. The summed E-state index contributed by atoms with van der Waals surface area (Å²) in [6, 6.07) is 20.3. The number of rotatable bonds is 7. The molecule has 0 saturated carbocycles. The Morgan fingerprint density at radius 3 is 2.40 bits per heavy atom. The molecule has 0 atom stereocenters. The summed E-state index contributed by atoms with van der Waals surface area (Å²) < 4.78 is 1.91. The number of nitrogens with zero attached hydrogens (tertiary/aromatic N) is 5. The normalized spacial score (nSPS) is 14.8. The fourth-order valence-corrected chi connectivity index (χ4v) is 5.37. The molecule has 0 bridgehead atoms. The Balaban J connectivity index is 1.27. The van der Waals surface area contributed by atoms with Crippen molar-refractivity contribution in [1.82, 2.24) is 24.6 Å². The molecule has 4 aromatic rings. The van der Waals surface area contributed by atoms with Gasteiger partial charge in [0.15, 0.2) is 0 Å². The molecule has 5 rings (SSSR count). The van der Waals surface area contributed by atoms with Gasteiger partial charge in [0.25, 0.3) is 0 Å². The van der Waals surface area contributed by atoms with Crippen LogP contribution in [0.25, 0.3) is 16.9 Å². The lowest BCUT2D eigenvalue weighted by Crippen LogP contribution is -2.40. The van der Waals surface area contributed by atoms with Gasteiger partial charge in [-0.15, -0.1) is 11.3 Å². The number of aryl methyl sites for hydroxylation is 1. The minimum Gasteiger partial charge on any atom is -0.341 e. The van der Waals surface area contributed by atoms with Gasteiger partial charge in [-0.2, -0.15) is 5.10 Å². The van der Waals surface area contributed by atoms with Gasteiger partial charge in [0.1, 0.15) is 0 Å². The van der Waals surface area contributed by atoms with E-state index in [2.05, 4.69) is 33.6 Å². The van der Waals surface area contributed by atoms with Gasteiger partial charge in [0.2, 0.25) is 5.91 Å². The molecule has 2 aromatic carbocycles. The Labute approximate surface area is 210 Å². The second-order valence-electron chi connectivity index (χ2n) is 9.25. The van der Waals surface area contributed by atoms with Crippen LogP contribution in [0.1, 0.15) is 29.1 Å². The van der Waals surface area contributed by atoms with E-state index in [9.17, 15) is 4.79 Å². The van der Waals surface area contributed by atoms with Crippen molar-refractivity contribution in [2.75, 3.05) is 20.1 Å². The molecule has 0 radical (unpaired) electrons. The summed E-state index contributed by atoms with van der Waals surface area (Å²) in [5.74, 6) is 0.290. The van der Waals surface area contributed by atoms with Gasteiger partial charge in [-0.05, 0) is 45.0 Å². The van der Waals surface area contributed by atoms with Crippen molar-refractivity contribution in [3.8, 4) is 16.9 Å². The van der Waals surface area contributed by atoms with Gasteiger partial charge in [-0.1, -0.05) is 48.5 Å². The monoisotopic (exact) mass is 485 g/mol. The summed E-state index contributed by atoms with van der Waals surface area (Å²) >= 11 is 1.70. The van der Waals surface area contributed by atoms with Crippen LogP contribution in [0.5, 0.6) is 0 Å². The molecule has 1 saturated heterocycles. The summed E-state index contributed by atoms with van der Waals surface area (Å²) in [4.78, 5) is 22.2. The van der Waals surface area contributed by atoms with Gasteiger partial charge >= 0.3 is 0 Å². The Morgan fingerprint density at radius 1 is 1.06 bits per heavy atom. The van der Waals surface area contributed by atoms with Crippen molar-refractivity contribution in [2.24, 2.45) is 5.92 Å². The van der Waals surface area contributed by atoms with Crippen LogP contribution >= 0.6 is 11.3 Å².